The summed E-state index contributed by atoms with van der Waals surface area (Å²) in [6.07, 6.45) is 0.260. The maximum Gasteiger partial charge on any atom is 0.221 e. The Bertz CT molecular complexity index is 558. The van der Waals surface area contributed by atoms with Crippen molar-refractivity contribution in [2.24, 2.45) is 0 Å². The van der Waals surface area contributed by atoms with Gasteiger partial charge in [-0.15, -0.1) is 0 Å². The van der Waals surface area contributed by atoms with Crippen LogP contribution in [0.25, 0.3) is 0 Å². The van der Waals surface area contributed by atoms with Gasteiger partial charge in [0, 0.05) is 25.6 Å². The Balaban J connectivity index is 1.73. The van der Waals surface area contributed by atoms with Crippen molar-refractivity contribution < 1.29 is 9.90 Å². The van der Waals surface area contributed by atoms with Crippen LogP contribution in [0.3, 0.4) is 0 Å². The lowest BCUT2D eigenvalue weighted by Crippen LogP contribution is -2.37. The van der Waals surface area contributed by atoms with Crippen molar-refractivity contribution in [2.45, 2.75) is 25.6 Å². The van der Waals surface area contributed by atoms with Crippen molar-refractivity contribution in [2.75, 3.05) is 6.61 Å². The maximum atomic E-state index is 11.9. The molecule has 0 aliphatic heterocycles. The molecule has 2 aromatic rings. The van der Waals surface area contributed by atoms with Crippen LogP contribution in [0.2, 0.25) is 0 Å². The lowest BCUT2D eigenvalue weighted by Gasteiger charge is -2.16. The number of hydrogen-bond acceptors (Lipinski definition) is 3. The molecule has 116 valence electrons. The summed E-state index contributed by atoms with van der Waals surface area (Å²) in [4.78, 5) is 11.9. The number of nitrogens with one attached hydrogen (secondary N) is 2. The molecule has 0 spiro atoms. The molecular weight excluding hydrogens is 276 g/mol. The standard InChI is InChI=1S/C18H22N2O2/c21-14-17(19-12-15-7-3-1-4-8-15)11-18(22)20-13-16-9-5-2-6-10-16/h1-10,17,19,21H,11-14H2,(H,20,22)/t17-/m1/s1. The van der Waals surface area contributed by atoms with Crippen LogP contribution >= 0.6 is 0 Å². The zero-order chi connectivity index (χ0) is 15.6. The van der Waals surface area contributed by atoms with E-state index >= 15 is 0 Å². The molecule has 1 amide bonds. The first kappa shape index (κ1) is 16.2. The Morgan fingerprint density at radius 2 is 1.45 bits per heavy atom. The van der Waals surface area contributed by atoms with E-state index in [1.54, 1.807) is 0 Å². The van der Waals surface area contributed by atoms with Crippen molar-refractivity contribution in [1.82, 2.24) is 10.6 Å². The molecule has 0 aliphatic carbocycles. The smallest absolute Gasteiger partial charge is 0.221 e. The highest BCUT2D eigenvalue weighted by molar-refractivity contribution is 5.76. The van der Waals surface area contributed by atoms with Gasteiger partial charge in [-0.25, -0.2) is 0 Å². The Labute approximate surface area is 131 Å². The van der Waals surface area contributed by atoms with Gasteiger partial charge >= 0.3 is 0 Å². The zero-order valence-electron chi connectivity index (χ0n) is 12.5. The van der Waals surface area contributed by atoms with Crippen LogP contribution in [0.15, 0.2) is 60.7 Å². The molecule has 1 atom stereocenters. The fourth-order valence-electron chi connectivity index (χ4n) is 2.15. The summed E-state index contributed by atoms with van der Waals surface area (Å²) in [7, 11) is 0. The largest absolute Gasteiger partial charge is 0.395 e. The predicted molar refractivity (Wildman–Crippen MR) is 87.1 cm³/mol. The molecule has 0 unspecified atom stereocenters. The second-order valence-electron chi connectivity index (χ2n) is 5.21. The van der Waals surface area contributed by atoms with E-state index in [1.165, 1.54) is 0 Å². The van der Waals surface area contributed by atoms with E-state index in [2.05, 4.69) is 10.6 Å². The van der Waals surface area contributed by atoms with Gasteiger partial charge in [0.1, 0.15) is 0 Å². The quantitative estimate of drug-likeness (QED) is 0.697. The van der Waals surface area contributed by atoms with E-state index in [0.29, 0.717) is 13.1 Å². The van der Waals surface area contributed by atoms with Crippen molar-refractivity contribution >= 4 is 5.91 Å². The Morgan fingerprint density at radius 1 is 0.909 bits per heavy atom. The number of carbonyl (C=O) groups excluding carboxylic acids is 1. The molecule has 4 heteroatoms. The van der Waals surface area contributed by atoms with E-state index in [9.17, 15) is 9.90 Å². The fraction of sp³-hybridized carbons (Fsp3) is 0.278. The highest BCUT2D eigenvalue weighted by Crippen LogP contribution is 2.01. The lowest BCUT2D eigenvalue weighted by atomic mass is 10.1. The number of benzene rings is 2. The van der Waals surface area contributed by atoms with Gasteiger partial charge in [0.05, 0.1) is 6.61 Å². The van der Waals surface area contributed by atoms with Gasteiger partial charge in [-0.2, -0.15) is 0 Å². The summed E-state index contributed by atoms with van der Waals surface area (Å²) >= 11 is 0. The molecular formula is C18H22N2O2. The number of amides is 1. The molecule has 0 saturated heterocycles. The Kier molecular flexibility index (Phi) is 6.61. The predicted octanol–water partition coefficient (Wildman–Crippen LogP) is 1.84. The Hall–Kier alpha value is -2.17. The van der Waals surface area contributed by atoms with Gasteiger partial charge in [0.25, 0.3) is 0 Å². The molecule has 3 N–H and O–H groups in total. The van der Waals surface area contributed by atoms with Gasteiger partial charge in [0.15, 0.2) is 0 Å². The first-order chi connectivity index (χ1) is 10.8. The summed E-state index contributed by atoms with van der Waals surface area (Å²) in [6, 6.07) is 19.5. The van der Waals surface area contributed by atoms with Crippen molar-refractivity contribution in [3.8, 4) is 0 Å². The first-order valence-electron chi connectivity index (χ1n) is 7.46. The minimum Gasteiger partial charge on any atom is -0.395 e. The molecule has 0 radical (unpaired) electrons. The topological polar surface area (TPSA) is 61.4 Å². The fourth-order valence-corrected chi connectivity index (χ4v) is 2.15. The number of aliphatic hydroxyl groups excluding tert-OH is 1. The third-order valence-corrected chi connectivity index (χ3v) is 3.42. The van der Waals surface area contributed by atoms with E-state index in [-0.39, 0.29) is 25.0 Å². The summed E-state index contributed by atoms with van der Waals surface area (Å²) < 4.78 is 0. The van der Waals surface area contributed by atoms with E-state index in [1.807, 2.05) is 60.7 Å². The molecule has 2 rings (SSSR count). The van der Waals surface area contributed by atoms with E-state index in [4.69, 9.17) is 0 Å². The summed E-state index contributed by atoms with van der Waals surface area (Å²) in [5, 5.41) is 15.5. The average Bonchev–Trinajstić information content (AvgIpc) is 2.58. The van der Waals surface area contributed by atoms with Crippen LogP contribution in [0.5, 0.6) is 0 Å². The number of hydrogen-bond donors (Lipinski definition) is 3. The van der Waals surface area contributed by atoms with Crippen LogP contribution in [-0.4, -0.2) is 23.7 Å². The van der Waals surface area contributed by atoms with E-state index in [0.717, 1.165) is 11.1 Å². The van der Waals surface area contributed by atoms with E-state index < -0.39 is 0 Å². The van der Waals surface area contributed by atoms with Crippen molar-refractivity contribution in [3.63, 3.8) is 0 Å². The third-order valence-electron chi connectivity index (χ3n) is 3.42. The van der Waals surface area contributed by atoms with Gasteiger partial charge in [0.2, 0.25) is 5.91 Å². The molecule has 0 bridgehead atoms. The summed E-state index contributed by atoms with van der Waals surface area (Å²) in [5.74, 6) is -0.0662. The summed E-state index contributed by atoms with van der Waals surface area (Å²) in [6.45, 7) is 1.08. The molecule has 0 aromatic heterocycles. The molecule has 4 nitrogen and oxygen atoms in total. The molecule has 22 heavy (non-hydrogen) atoms. The first-order valence-corrected chi connectivity index (χ1v) is 7.46. The van der Waals surface area contributed by atoms with Gasteiger partial charge in [-0.3, -0.25) is 4.79 Å². The van der Waals surface area contributed by atoms with Crippen molar-refractivity contribution in [1.29, 1.82) is 0 Å². The Morgan fingerprint density at radius 3 is 2.00 bits per heavy atom. The lowest BCUT2D eigenvalue weighted by molar-refractivity contribution is -0.122. The minimum absolute atomic E-state index is 0.0639. The second kappa shape index (κ2) is 8.97. The normalized spacial score (nSPS) is 11.9. The van der Waals surface area contributed by atoms with Crippen LogP contribution in [0.1, 0.15) is 17.5 Å². The molecule has 2 aromatic carbocycles. The van der Waals surface area contributed by atoms with Crippen LogP contribution in [0, 0.1) is 0 Å². The van der Waals surface area contributed by atoms with Crippen molar-refractivity contribution in [3.05, 3.63) is 71.8 Å². The second-order valence-corrected chi connectivity index (χ2v) is 5.21. The molecule has 0 heterocycles. The minimum atomic E-state index is -0.240. The molecule has 0 aliphatic rings. The highest BCUT2D eigenvalue weighted by atomic mass is 16.3. The number of aliphatic hydroxyl groups is 1. The molecule has 0 saturated carbocycles. The van der Waals surface area contributed by atoms with Crippen LogP contribution in [0.4, 0.5) is 0 Å². The monoisotopic (exact) mass is 298 g/mol. The zero-order valence-corrected chi connectivity index (χ0v) is 12.5. The number of carbonyl (C=O) groups is 1. The van der Waals surface area contributed by atoms with Crippen LogP contribution < -0.4 is 10.6 Å². The van der Waals surface area contributed by atoms with Gasteiger partial charge in [-0.1, -0.05) is 60.7 Å². The third kappa shape index (κ3) is 5.68. The highest BCUT2D eigenvalue weighted by Gasteiger charge is 2.12. The van der Waals surface area contributed by atoms with Gasteiger partial charge in [-0.05, 0) is 11.1 Å². The molecule has 0 fully saturated rings. The maximum absolute atomic E-state index is 11.9. The van der Waals surface area contributed by atoms with Gasteiger partial charge < -0.3 is 15.7 Å². The summed E-state index contributed by atoms with van der Waals surface area (Å²) in [5.41, 5.74) is 2.19. The average molecular weight is 298 g/mol. The van der Waals surface area contributed by atoms with Crippen LogP contribution in [-0.2, 0) is 17.9 Å². The SMILES string of the molecule is O=C(C[C@H](CO)NCc1ccccc1)NCc1ccccc1. The number of rotatable bonds is 8.